The van der Waals surface area contributed by atoms with Crippen molar-refractivity contribution in [2.24, 2.45) is 7.05 Å². The summed E-state index contributed by atoms with van der Waals surface area (Å²) in [6.45, 7) is 3.40. The summed E-state index contributed by atoms with van der Waals surface area (Å²) in [6, 6.07) is 5.88. The molecule has 1 aromatic heterocycles. The predicted molar refractivity (Wildman–Crippen MR) is 78.6 cm³/mol. The lowest BCUT2D eigenvalue weighted by Crippen LogP contribution is -2.31. The maximum atomic E-state index is 13.2. The van der Waals surface area contributed by atoms with E-state index in [1.54, 1.807) is 27.0 Å². The van der Waals surface area contributed by atoms with Gasteiger partial charge in [-0.1, -0.05) is 0 Å². The summed E-state index contributed by atoms with van der Waals surface area (Å²) >= 11 is 0. The number of carbonyl (C=O) groups excluding carboxylic acids is 1. The van der Waals surface area contributed by atoms with Gasteiger partial charge in [0.05, 0.1) is 11.3 Å². The Morgan fingerprint density at radius 1 is 1.19 bits per heavy atom. The molecule has 0 fully saturated rings. The van der Waals surface area contributed by atoms with Crippen LogP contribution in [0.15, 0.2) is 35.3 Å². The molecule has 1 amide bonds. The van der Waals surface area contributed by atoms with E-state index in [1.807, 2.05) is 0 Å². The van der Waals surface area contributed by atoms with E-state index in [0.29, 0.717) is 16.8 Å². The van der Waals surface area contributed by atoms with Gasteiger partial charge in [0, 0.05) is 18.8 Å². The molecule has 21 heavy (non-hydrogen) atoms. The number of nitrogens with zero attached hydrogens (tertiary/aromatic N) is 1. The Balaban J connectivity index is 2.13. The number of benzene rings is 1. The van der Waals surface area contributed by atoms with Crippen LogP contribution in [-0.4, -0.2) is 10.5 Å². The summed E-state index contributed by atoms with van der Waals surface area (Å²) in [5.41, 5.74) is 6.98. The highest BCUT2D eigenvalue weighted by Crippen LogP contribution is 2.12. The summed E-state index contributed by atoms with van der Waals surface area (Å²) in [6.07, 6.45) is 1.45. The summed E-state index contributed by atoms with van der Waals surface area (Å²) < 4.78 is 14.6. The van der Waals surface area contributed by atoms with Gasteiger partial charge in [0.25, 0.3) is 11.5 Å². The average Bonchev–Trinajstić information content (AvgIpc) is 2.40. The fraction of sp³-hybridized carbons (Fsp3) is 0.200. The third kappa shape index (κ3) is 3.47. The van der Waals surface area contributed by atoms with Gasteiger partial charge >= 0.3 is 0 Å². The maximum Gasteiger partial charge on any atom is 0.271 e. The van der Waals surface area contributed by atoms with Crippen molar-refractivity contribution in [3.05, 3.63) is 63.3 Å². The Labute approximate surface area is 121 Å². The Bertz CT molecular complexity index is 707. The second kappa shape index (κ2) is 5.78. The second-order valence-electron chi connectivity index (χ2n) is 4.92. The first kappa shape index (κ1) is 14.8. The molecule has 2 aromatic rings. The number of rotatable bonds is 3. The number of anilines is 1. The molecule has 5 nitrogen and oxygen atoms in total. The highest BCUT2D eigenvalue weighted by Gasteiger charge is 2.09. The van der Waals surface area contributed by atoms with E-state index in [2.05, 4.69) is 10.9 Å². The molecule has 0 saturated heterocycles. The number of hydrogen-bond donors (Lipinski definition) is 2. The molecular formula is C15H16FN3O2. The van der Waals surface area contributed by atoms with Gasteiger partial charge in [-0.25, -0.2) is 4.39 Å². The van der Waals surface area contributed by atoms with Crippen molar-refractivity contribution in [1.82, 2.24) is 9.99 Å². The molecule has 0 atom stereocenters. The SMILES string of the molecule is Cc1cc(F)cc(NNC(=O)c2cc(C)c(=O)n(C)c2)c1. The summed E-state index contributed by atoms with van der Waals surface area (Å²) in [5.74, 6) is -0.791. The Kier molecular flexibility index (Phi) is 4.07. The van der Waals surface area contributed by atoms with Gasteiger partial charge in [-0.3, -0.25) is 20.4 Å². The van der Waals surface area contributed by atoms with Crippen molar-refractivity contribution in [2.75, 3.05) is 5.43 Å². The molecule has 0 saturated carbocycles. The molecule has 0 aliphatic carbocycles. The molecule has 0 bridgehead atoms. The standard InChI is InChI=1S/C15H16FN3O2/c1-9-4-12(16)7-13(5-9)17-18-14(20)11-6-10(2)15(21)19(3)8-11/h4-8,17H,1-3H3,(H,18,20). The van der Waals surface area contributed by atoms with Crippen LogP contribution >= 0.6 is 0 Å². The first-order chi connectivity index (χ1) is 9.86. The first-order valence-electron chi connectivity index (χ1n) is 6.37. The number of amides is 1. The number of nitrogens with one attached hydrogen (secondary N) is 2. The summed E-state index contributed by atoms with van der Waals surface area (Å²) in [5, 5.41) is 0. The quantitative estimate of drug-likeness (QED) is 0.848. The van der Waals surface area contributed by atoms with E-state index < -0.39 is 5.91 Å². The minimum absolute atomic E-state index is 0.153. The summed E-state index contributed by atoms with van der Waals surface area (Å²) in [7, 11) is 1.58. The van der Waals surface area contributed by atoms with Crippen molar-refractivity contribution >= 4 is 11.6 Å². The van der Waals surface area contributed by atoms with Crippen molar-refractivity contribution in [2.45, 2.75) is 13.8 Å². The monoisotopic (exact) mass is 289 g/mol. The van der Waals surface area contributed by atoms with E-state index >= 15 is 0 Å². The van der Waals surface area contributed by atoms with Crippen molar-refractivity contribution < 1.29 is 9.18 Å². The lowest BCUT2D eigenvalue weighted by Gasteiger charge is -2.10. The summed E-state index contributed by atoms with van der Waals surface area (Å²) in [4.78, 5) is 23.6. The fourth-order valence-electron chi connectivity index (χ4n) is 2.01. The number of aromatic nitrogens is 1. The fourth-order valence-corrected chi connectivity index (χ4v) is 2.01. The normalized spacial score (nSPS) is 10.3. The van der Waals surface area contributed by atoms with E-state index in [-0.39, 0.29) is 11.4 Å². The average molecular weight is 289 g/mol. The van der Waals surface area contributed by atoms with Gasteiger partial charge in [0.1, 0.15) is 5.82 Å². The third-order valence-corrected chi connectivity index (χ3v) is 2.99. The van der Waals surface area contributed by atoms with Crippen LogP contribution in [0.3, 0.4) is 0 Å². The highest BCUT2D eigenvalue weighted by atomic mass is 19.1. The molecule has 1 aromatic carbocycles. The number of aryl methyl sites for hydroxylation is 3. The molecule has 2 rings (SSSR count). The molecule has 0 spiro atoms. The molecule has 6 heteroatoms. The van der Waals surface area contributed by atoms with E-state index in [0.717, 1.165) is 5.56 Å². The van der Waals surface area contributed by atoms with Gasteiger partial charge in [0.15, 0.2) is 0 Å². The van der Waals surface area contributed by atoms with Crippen LogP contribution in [0.1, 0.15) is 21.5 Å². The Hall–Kier alpha value is -2.63. The van der Waals surface area contributed by atoms with Crippen LogP contribution in [0.5, 0.6) is 0 Å². The smallest absolute Gasteiger partial charge is 0.271 e. The van der Waals surface area contributed by atoms with Gasteiger partial charge in [0.2, 0.25) is 0 Å². The maximum absolute atomic E-state index is 13.2. The van der Waals surface area contributed by atoms with E-state index in [4.69, 9.17) is 0 Å². The molecule has 0 radical (unpaired) electrons. The molecule has 0 unspecified atom stereocenters. The molecule has 110 valence electrons. The lowest BCUT2D eigenvalue weighted by atomic mass is 10.2. The van der Waals surface area contributed by atoms with Gasteiger partial charge < -0.3 is 4.57 Å². The highest BCUT2D eigenvalue weighted by molar-refractivity contribution is 5.94. The van der Waals surface area contributed by atoms with Crippen LogP contribution in [0.4, 0.5) is 10.1 Å². The zero-order chi connectivity index (χ0) is 15.6. The number of carbonyl (C=O) groups is 1. The van der Waals surface area contributed by atoms with Gasteiger partial charge in [-0.15, -0.1) is 0 Å². The van der Waals surface area contributed by atoms with Crippen LogP contribution in [-0.2, 0) is 7.05 Å². The molecule has 2 N–H and O–H groups in total. The largest absolute Gasteiger partial charge is 0.318 e. The van der Waals surface area contributed by atoms with E-state index in [9.17, 15) is 14.0 Å². The van der Waals surface area contributed by atoms with Gasteiger partial charge in [-0.05, 0) is 43.7 Å². The van der Waals surface area contributed by atoms with Crippen molar-refractivity contribution in [1.29, 1.82) is 0 Å². The zero-order valence-corrected chi connectivity index (χ0v) is 12.0. The number of pyridine rings is 1. The lowest BCUT2D eigenvalue weighted by molar-refractivity contribution is 0.0961. The van der Waals surface area contributed by atoms with Gasteiger partial charge in [-0.2, -0.15) is 0 Å². The van der Waals surface area contributed by atoms with Crippen LogP contribution in [0.2, 0.25) is 0 Å². The first-order valence-corrected chi connectivity index (χ1v) is 6.37. The molecular weight excluding hydrogens is 273 g/mol. The number of hydrazine groups is 1. The predicted octanol–water partition coefficient (Wildman–Crippen LogP) is 1.90. The second-order valence-corrected chi connectivity index (χ2v) is 4.92. The molecule has 0 aliphatic rings. The van der Waals surface area contributed by atoms with E-state index in [1.165, 1.54) is 29.0 Å². The van der Waals surface area contributed by atoms with Crippen molar-refractivity contribution in [3.8, 4) is 0 Å². The Morgan fingerprint density at radius 2 is 1.90 bits per heavy atom. The van der Waals surface area contributed by atoms with Crippen molar-refractivity contribution in [3.63, 3.8) is 0 Å². The molecule has 1 heterocycles. The molecule has 0 aliphatic heterocycles. The minimum Gasteiger partial charge on any atom is -0.318 e. The minimum atomic E-state index is -0.407. The zero-order valence-electron chi connectivity index (χ0n) is 12.0. The van der Waals surface area contributed by atoms with Crippen LogP contribution < -0.4 is 16.4 Å². The third-order valence-electron chi connectivity index (χ3n) is 2.99. The van der Waals surface area contributed by atoms with Crippen LogP contribution in [0.25, 0.3) is 0 Å². The number of halogens is 1. The topological polar surface area (TPSA) is 63.1 Å². The Morgan fingerprint density at radius 3 is 2.52 bits per heavy atom. The van der Waals surface area contributed by atoms with Crippen LogP contribution in [0, 0.1) is 19.7 Å². The number of hydrogen-bond acceptors (Lipinski definition) is 3.